The summed E-state index contributed by atoms with van der Waals surface area (Å²) in [6, 6.07) is 0. The molecule has 0 aromatic carbocycles. The molecule has 0 saturated carbocycles. The highest BCUT2D eigenvalue weighted by Gasteiger charge is 2.41. The van der Waals surface area contributed by atoms with E-state index in [-0.39, 0.29) is 11.5 Å². The second-order valence-corrected chi connectivity index (χ2v) is 5.00. The van der Waals surface area contributed by atoms with E-state index in [1.807, 2.05) is 13.0 Å². The van der Waals surface area contributed by atoms with E-state index >= 15 is 0 Å². The Hall–Kier alpha value is -0.340. The van der Waals surface area contributed by atoms with Crippen molar-refractivity contribution in [3.8, 4) is 0 Å². The predicted molar refractivity (Wildman–Crippen MR) is 58.1 cm³/mol. The van der Waals surface area contributed by atoms with Crippen molar-refractivity contribution in [2.24, 2.45) is 5.41 Å². The molecule has 0 aromatic heterocycles. The van der Waals surface area contributed by atoms with E-state index in [4.69, 9.17) is 9.47 Å². The molecule has 1 heterocycles. The molecule has 1 saturated heterocycles. The Kier molecular flexibility index (Phi) is 3.38. The van der Waals surface area contributed by atoms with Crippen LogP contribution in [0, 0.1) is 5.41 Å². The smallest absolute Gasteiger partial charge is 0.166 e. The van der Waals surface area contributed by atoms with Gasteiger partial charge in [0, 0.05) is 11.8 Å². The lowest BCUT2D eigenvalue weighted by Gasteiger charge is -2.46. The predicted octanol–water partition coefficient (Wildman–Crippen LogP) is 3.13. The fourth-order valence-electron chi connectivity index (χ4n) is 1.52. The van der Waals surface area contributed by atoms with Gasteiger partial charge < -0.3 is 9.47 Å². The van der Waals surface area contributed by atoms with Crippen LogP contribution in [-0.2, 0) is 9.47 Å². The summed E-state index contributed by atoms with van der Waals surface area (Å²) in [5.74, 6) is -0.414. The Morgan fingerprint density at radius 3 is 2.57 bits per heavy atom. The minimum absolute atomic E-state index is 0.119. The molecule has 0 bridgehead atoms. The first-order valence-electron chi connectivity index (χ1n) is 5.32. The molecular formula is C12H22O2. The molecule has 1 fully saturated rings. The van der Waals surface area contributed by atoms with E-state index < -0.39 is 5.79 Å². The van der Waals surface area contributed by atoms with Crippen molar-refractivity contribution in [3.63, 3.8) is 0 Å². The summed E-state index contributed by atoms with van der Waals surface area (Å²) in [6.45, 7) is 13.0. The molecule has 2 atom stereocenters. The SMILES string of the molecule is C=CCC[C@]1(C)OCC(C)(C)[C@@H](C)O1. The number of hydrogen-bond acceptors (Lipinski definition) is 2. The van der Waals surface area contributed by atoms with E-state index in [2.05, 4.69) is 27.4 Å². The zero-order valence-electron chi connectivity index (χ0n) is 9.80. The van der Waals surface area contributed by atoms with Crippen molar-refractivity contribution in [1.29, 1.82) is 0 Å². The minimum atomic E-state index is -0.414. The summed E-state index contributed by atoms with van der Waals surface area (Å²) in [4.78, 5) is 0. The average Bonchev–Trinajstić information content (AvgIpc) is 2.10. The van der Waals surface area contributed by atoms with Crippen LogP contribution in [0.1, 0.15) is 40.5 Å². The second-order valence-electron chi connectivity index (χ2n) is 5.00. The van der Waals surface area contributed by atoms with Gasteiger partial charge >= 0.3 is 0 Å². The van der Waals surface area contributed by atoms with E-state index in [1.165, 1.54) is 0 Å². The maximum Gasteiger partial charge on any atom is 0.166 e. The standard InChI is InChI=1S/C12H22O2/c1-6-7-8-12(5)13-9-11(3,4)10(2)14-12/h6,10H,1,7-9H2,2-5H3/t10-,12-/m1/s1. The van der Waals surface area contributed by atoms with E-state index in [0.29, 0.717) is 0 Å². The molecule has 2 nitrogen and oxygen atoms in total. The van der Waals surface area contributed by atoms with Gasteiger partial charge in [0.05, 0.1) is 12.7 Å². The third-order valence-corrected chi connectivity index (χ3v) is 3.08. The summed E-state index contributed by atoms with van der Waals surface area (Å²) < 4.78 is 11.7. The van der Waals surface area contributed by atoms with Gasteiger partial charge in [-0.3, -0.25) is 0 Å². The monoisotopic (exact) mass is 198 g/mol. The highest BCUT2D eigenvalue weighted by molar-refractivity contribution is 4.84. The quantitative estimate of drug-likeness (QED) is 0.649. The van der Waals surface area contributed by atoms with Crippen molar-refractivity contribution in [2.75, 3.05) is 6.61 Å². The molecule has 82 valence electrons. The number of hydrogen-bond donors (Lipinski definition) is 0. The molecule has 0 amide bonds. The van der Waals surface area contributed by atoms with Crippen molar-refractivity contribution < 1.29 is 9.47 Å². The van der Waals surface area contributed by atoms with Crippen LogP contribution in [0.25, 0.3) is 0 Å². The maximum atomic E-state index is 5.92. The molecular weight excluding hydrogens is 176 g/mol. The van der Waals surface area contributed by atoms with Crippen molar-refractivity contribution in [1.82, 2.24) is 0 Å². The van der Waals surface area contributed by atoms with Crippen molar-refractivity contribution in [2.45, 2.75) is 52.4 Å². The van der Waals surface area contributed by atoms with Gasteiger partial charge in [0.2, 0.25) is 0 Å². The lowest BCUT2D eigenvalue weighted by Crippen LogP contribution is -2.50. The Labute approximate surface area is 87.3 Å². The van der Waals surface area contributed by atoms with Crippen LogP contribution in [0.2, 0.25) is 0 Å². The van der Waals surface area contributed by atoms with Gasteiger partial charge in [-0.2, -0.15) is 0 Å². The minimum Gasteiger partial charge on any atom is -0.350 e. The van der Waals surface area contributed by atoms with Gasteiger partial charge in [-0.15, -0.1) is 6.58 Å². The van der Waals surface area contributed by atoms with Crippen LogP contribution in [0.4, 0.5) is 0 Å². The molecule has 1 aliphatic rings. The molecule has 0 aliphatic carbocycles. The topological polar surface area (TPSA) is 18.5 Å². The van der Waals surface area contributed by atoms with Crippen molar-refractivity contribution in [3.05, 3.63) is 12.7 Å². The van der Waals surface area contributed by atoms with E-state index in [1.54, 1.807) is 0 Å². The van der Waals surface area contributed by atoms with Crippen LogP contribution in [0.3, 0.4) is 0 Å². The molecule has 14 heavy (non-hydrogen) atoms. The fourth-order valence-corrected chi connectivity index (χ4v) is 1.52. The fraction of sp³-hybridized carbons (Fsp3) is 0.833. The normalized spacial score (nSPS) is 36.7. The first kappa shape index (κ1) is 11.7. The summed E-state index contributed by atoms with van der Waals surface area (Å²) in [7, 11) is 0. The summed E-state index contributed by atoms with van der Waals surface area (Å²) >= 11 is 0. The molecule has 0 aromatic rings. The Morgan fingerprint density at radius 2 is 2.07 bits per heavy atom. The van der Waals surface area contributed by atoms with Gasteiger partial charge in [-0.25, -0.2) is 0 Å². The Balaban J connectivity index is 2.56. The second kappa shape index (κ2) is 4.03. The lowest BCUT2D eigenvalue weighted by atomic mass is 9.87. The largest absolute Gasteiger partial charge is 0.350 e. The molecule has 0 spiro atoms. The summed E-state index contributed by atoms with van der Waals surface area (Å²) in [5.41, 5.74) is 0.119. The van der Waals surface area contributed by atoms with Crippen LogP contribution in [0.5, 0.6) is 0 Å². The van der Waals surface area contributed by atoms with Crippen molar-refractivity contribution >= 4 is 0 Å². The third kappa shape index (κ3) is 2.58. The highest BCUT2D eigenvalue weighted by Crippen LogP contribution is 2.36. The van der Waals surface area contributed by atoms with E-state index in [0.717, 1.165) is 19.4 Å². The van der Waals surface area contributed by atoms with Gasteiger partial charge in [0.25, 0.3) is 0 Å². The van der Waals surface area contributed by atoms with Gasteiger partial charge in [0.15, 0.2) is 5.79 Å². The molecule has 1 rings (SSSR count). The summed E-state index contributed by atoms with van der Waals surface area (Å²) in [5, 5.41) is 0. The third-order valence-electron chi connectivity index (χ3n) is 3.08. The van der Waals surface area contributed by atoms with Crippen LogP contribution >= 0.6 is 0 Å². The van der Waals surface area contributed by atoms with Gasteiger partial charge in [0.1, 0.15) is 0 Å². The van der Waals surface area contributed by atoms with E-state index in [9.17, 15) is 0 Å². The zero-order chi connectivity index (χ0) is 10.8. The molecule has 0 radical (unpaired) electrons. The zero-order valence-corrected chi connectivity index (χ0v) is 9.80. The summed E-state index contributed by atoms with van der Waals surface area (Å²) in [6.07, 6.45) is 3.97. The Morgan fingerprint density at radius 1 is 1.43 bits per heavy atom. The first-order chi connectivity index (χ1) is 6.40. The molecule has 0 N–H and O–H groups in total. The van der Waals surface area contributed by atoms with Crippen LogP contribution < -0.4 is 0 Å². The number of allylic oxidation sites excluding steroid dienone is 1. The number of rotatable bonds is 3. The van der Waals surface area contributed by atoms with Crippen LogP contribution in [-0.4, -0.2) is 18.5 Å². The molecule has 0 unspecified atom stereocenters. The molecule has 1 aliphatic heterocycles. The number of ether oxygens (including phenoxy) is 2. The molecule has 2 heteroatoms. The lowest BCUT2D eigenvalue weighted by molar-refractivity contribution is -0.318. The van der Waals surface area contributed by atoms with Gasteiger partial charge in [-0.05, 0) is 20.3 Å². The first-order valence-corrected chi connectivity index (χ1v) is 5.32. The average molecular weight is 198 g/mol. The van der Waals surface area contributed by atoms with Crippen LogP contribution in [0.15, 0.2) is 12.7 Å². The van der Waals surface area contributed by atoms with Gasteiger partial charge in [-0.1, -0.05) is 19.9 Å². The maximum absolute atomic E-state index is 5.92. The highest BCUT2D eigenvalue weighted by atomic mass is 16.7. The Bertz CT molecular complexity index is 210.